The largest absolute Gasteiger partial charge is 0.454 e. The van der Waals surface area contributed by atoms with Gasteiger partial charge in [0.15, 0.2) is 11.5 Å². The van der Waals surface area contributed by atoms with Gasteiger partial charge in [0, 0.05) is 36.5 Å². The minimum Gasteiger partial charge on any atom is -0.454 e. The zero-order chi connectivity index (χ0) is 20.1. The fraction of sp³-hybridized carbons (Fsp3) is 0.190. The van der Waals surface area contributed by atoms with E-state index in [1.54, 1.807) is 24.3 Å². The van der Waals surface area contributed by atoms with Gasteiger partial charge in [0.25, 0.3) is 5.56 Å². The molecule has 8 nitrogen and oxygen atoms in total. The molecule has 0 spiro atoms. The van der Waals surface area contributed by atoms with Gasteiger partial charge in [0.05, 0.1) is 5.69 Å². The number of hydrogen-bond donors (Lipinski definition) is 2. The predicted octanol–water partition coefficient (Wildman–Crippen LogP) is 2.85. The van der Waals surface area contributed by atoms with Gasteiger partial charge in [-0.1, -0.05) is 30.3 Å². The lowest BCUT2D eigenvalue weighted by Crippen LogP contribution is -2.31. The average molecular weight is 392 g/mol. The summed E-state index contributed by atoms with van der Waals surface area (Å²) in [5, 5.41) is 9.92. The first-order valence-corrected chi connectivity index (χ1v) is 9.27. The van der Waals surface area contributed by atoms with E-state index in [2.05, 4.69) is 15.7 Å². The van der Waals surface area contributed by atoms with Gasteiger partial charge >= 0.3 is 6.03 Å². The van der Waals surface area contributed by atoms with Crippen LogP contribution in [-0.4, -0.2) is 29.1 Å². The van der Waals surface area contributed by atoms with Crippen molar-refractivity contribution in [2.24, 2.45) is 0 Å². The van der Waals surface area contributed by atoms with Crippen molar-refractivity contribution in [3.63, 3.8) is 0 Å². The number of amides is 2. The first kappa shape index (κ1) is 18.5. The molecule has 0 saturated heterocycles. The molecule has 8 heteroatoms. The smallest absolute Gasteiger partial charge is 0.319 e. The number of anilines is 1. The fourth-order valence-electron chi connectivity index (χ4n) is 2.95. The highest BCUT2D eigenvalue weighted by Crippen LogP contribution is 2.34. The molecule has 0 atom stereocenters. The number of aromatic nitrogens is 2. The van der Waals surface area contributed by atoms with Gasteiger partial charge in [-0.25, -0.2) is 9.48 Å². The standard InChI is InChI=1S/C21H20N4O4/c26-20-10-8-17(15-5-2-1-3-6-15)24-25(20)12-4-11-22-21(27)23-16-7-9-18-19(13-16)29-14-28-18/h1-3,5-10,13H,4,11-12,14H2,(H2,22,23,27). The van der Waals surface area contributed by atoms with Crippen molar-refractivity contribution >= 4 is 11.7 Å². The number of nitrogens with one attached hydrogen (secondary N) is 2. The normalized spacial score (nSPS) is 11.9. The molecule has 0 unspecified atom stereocenters. The van der Waals surface area contributed by atoms with Crippen molar-refractivity contribution in [2.45, 2.75) is 13.0 Å². The Morgan fingerprint density at radius 3 is 2.72 bits per heavy atom. The van der Waals surface area contributed by atoms with Crippen molar-refractivity contribution in [3.8, 4) is 22.8 Å². The Hall–Kier alpha value is -3.81. The van der Waals surface area contributed by atoms with E-state index < -0.39 is 0 Å². The van der Waals surface area contributed by atoms with Crippen LogP contribution < -0.4 is 25.7 Å². The van der Waals surface area contributed by atoms with Gasteiger partial charge in [-0.05, 0) is 24.6 Å². The van der Waals surface area contributed by atoms with Gasteiger partial charge in [0.1, 0.15) is 0 Å². The third-order valence-corrected chi connectivity index (χ3v) is 4.40. The van der Waals surface area contributed by atoms with Crippen LogP contribution in [-0.2, 0) is 6.54 Å². The highest BCUT2D eigenvalue weighted by Gasteiger charge is 2.14. The van der Waals surface area contributed by atoms with E-state index in [0.717, 1.165) is 11.3 Å². The van der Waals surface area contributed by atoms with Crippen molar-refractivity contribution in [3.05, 3.63) is 71.0 Å². The van der Waals surface area contributed by atoms with Crippen LogP contribution >= 0.6 is 0 Å². The molecule has 3 aromatic rings. The van der Waals surface area contributed by atoms with Crippen LogP contribution in [0.2, 0.25) is 0 Å². The second-order valence-corrected chi connectivity index (χ2v) is 6.45. The topological polar surface area (TPSA) is 94.5 Å². The second-order valence-electron chi connectivity index (χ2n) is 6.45. The minimum absolute atomic E-state index is 0.172. The van der Waals surface area contributed by atoms with Crippen LogP contribution in [0.3, 0.4) is 0 Å². The lowest BCUT2D eigenvalue weighted by atomic mass is 10.1. The molecule has 29 heavy (non-hydrogen) atoms. The Balaban J connectivity index is 1.28. The molecule has 2 heterocycles. The van der Waals surface area contributed by atoms with Crippen molar-refractivity contribution < 1.29 is 14.3 Å². The molecule has 2 amide bonds. The van der Waals surface area contributed by atoms with Crippen molar-refractivity contribution in [1.82, 2.24) is 15.1 Å². The van der Waals surface area contributed by atoms with E-state index in [1.165, 1.54) is 10.7 Å². The van der Waals surface area contributed by atoms with Crippen LogP contribution in [0.5, 0.6) is 11.5 Å². The summed E-state index contributed by atoms with van der Waals surface area (Å²) in [5.74, 6) is 1.26. The summed E-state index contributed by atoms with van der Waals surface area (Å²) in [5.41, 5.74) is 2.12. The van der Waals surface area contributed by atoms with Gasteiger partial charge in [-0.15, -0.1) is 0 Å². The van der Waals surface area contributed by atoms with Gasteiger partial charge in [0.2, 0.25) is 6.79 Å². The molecule has 2 aromatic carbocycles. The number of ether oxygens (including phenoxy) is 2. The van der Waals surface area contributed by atoms with Gasteiger partial charge in [-0.3, -0.25) is 4.79 Å². The number of hydrogen-bond acceptors (Lipinski definition) is 5. The van der Waals surface area contributed by atoms with Crippen LogP contribution in [0.1, 0.15) is 6.42 Å². The second kappa shape index (κ2) is 8.47. The predicted molar refractivity (Wildman–Crippen MR) is 108 cm³/mol. The summed E-state index contributed by atoms with van der Waals surface area (Å²) in [7, 11) is 0. The van der Waals surface area contributed by atoms with Crippen molar-refractivity contribution in [2.75, 3.05) is 18.7 Å². The van der Waals surface area contributed by atoms with E-state index in [4.69, 9.17) is 9.47 Å². The quantitative estimate of drug-likeness (QED) is 0.629. The summed E-state index contributed by atoms with van der Waals surface area (Å²) in [6.07, 6.45) is 0.569. The molecule has 1 aromatic heterocycles. The molecule has 2 N–H and O–H groups in total. The Kier molecular flexibility index (Phi) is 5.42. The number of carbonyl (C=O) groups is 1. The average Bonchev–Trinajstić information content (AvgIpc) is 3.21. The van der Waals surface area contributed by atoms with E-state index in [1.807, 2.05) is 30.3 Å². The molecular weight excluding hydrogens is 372 g/mol. The summed E-state index contributed by atoms with van der Waals surface area (Å²) in [6.45, 7) is 0.994. The summed E-state index contributed by atoms with van der Waals surface area (Å²) < 4.78 is 11.9. The summed E-state index contributed by atoms with van der Waals surface area (Å²) in [6, 6.07) is 17.8. The van der Waals surface area contributed by atoms with E-state index in [-0.39, 0.29) is 18.4 Å². The highest BCUT2D eigenvalue weighted by molar-refractivity contribution is 5.89. The lowest BCUT2D eigenvalue weighted by molar-refractivity contribution is 0.174. The first-order valence-electron chi connectivity index (χ1n) is 9.27. The molecule has 0 saturated carbocycles. The number of aryl methyl sites for hydroxylation is 1. The fourth-order valence-corrected chi connectivity index (χ4v) is 2.95. The third-order valence-electron chi connectivity index (χ3n) is 4.40. The van der Waals surface area contributed by atoms with E-state index >= 15 is 0 Å². The maximum atomic E-state index is 12.1. The maximum absolute atomic E-state index is 12.1. The van der Waals surface area contributed by atoms with E-state index in [9.17, 15) is 9.59 Å². The summed E-state index contributed by atoms with van der Waals surface area (Å²) in [4.78, 5) is 24.1. The Morgan fingerprint density at radius 1 is 1.03 bits per heavy atom. The minimum atomic E-state index is -0.331. The van der Waals surface area contributed by atoms with Crippen LogP contribution in [0.4, 0.5) is 10.5 Å². The Bertz CT molecular complexity index is 1070. The van der Waals surface area contributed by atoms with Crippen LogP contribution in [0.15, 0.2) is 65.5 Å². The molecule has 0 radical (unpaired) electrons. The Morgan fingerprint density at radius 2 is 1.86 bits per heavy atom. The molecule has 4 rings (SSSR count). The van der Waals surface area contributed by atoms with Gasteiger partial charge in [-0.2, -0.15) is 5.10 Å². The van der Waals surface area contributed by atoms with Gasteiger partial charge < -0.3 is 20.1 Å². The molecule has 1 aliphatic rings. The number of nitrogens with zero attached hydrogens (tertiary/aromatic N) is 2. The van der Waals surface area contributed by atoms with Crippen LogP contribution in [0, 0.1) is 0 Å². The molecular formula is C21H20N4O4. The van der Waals surface area contributed by atoms with E-state index in [0.29, 0.717) is 36.7 Å². The van der Waals surface area contributed by atoms with Crippen LogP contribution in [0.25, 0.3) is 11.3 Å². The van der Waals surface area contributed by atoms with Crippen molar-refractivity contribution in [1.29, 1.82) is 0 Å². The number of rotatable bonds is 6. The molecule has 0 aliphatic carbocycles. The first-order chi connectivity index (χ1) is 14.2. The number of fused-ring (bicyclic) bond motifs is 1. The molecule has 1 aliphatic heterocycles. The summed E-state index contributed by atoms with van der Waals surface area (Å²) >= 11 is 0. The number of urea groups is 1. The SMILES string of the molecule is O=C(NCCCn1nc(-c2ccccc2)ccc1=O)Nc1ccc2c(c1)OCO2. The zero-order valence-electron chi connectivity index (χ0n) is 15.6. The highest BCUT2D eigenvalue weighted by atomic mass is 16.7. The number of carbonyl (C=O) groups excluding carboxylic acids is 1. The third kappa shape index (κ3) is 4.55. The maximum Gasteiger partial charge on any atom is 0.319 e. The Labute approximate surface area is 167 Å². The molecule has 148 valence electrons. The lowest BCUT2D eigenvalue weighted by Gasteiger charge is -2.09. The zero-order valence-corrected chi connectivity index (χ0v) is 15.6. The monoisotopic (exact) mass is 392 g/mol. The molecule has 0 bridgehead atoms. The molecule has 0 fully saturated rings. The number of benzene rings is 2.